The molecule has 0 aliphatic rings. The van der Waals surface area contributed by atoms with Gasteiger partial charge in [-0.15, -0.1) is 0 Å². The van der Waals surface area contributed by atoms with Gasteiger partial charge in [-0.1, -0.05) is 51.2 Å². The van der Waals surface area contributed by atoms with E-state index in [4.69, 9.17) is 0 Å². The fraction of sp³-hybridized carbons (Fsp3) is 0.360. The van der Waals surface area contributed by atoms with Gasteiger partial charge in [0.25, 0.3) is 5.91 Å². The van der Waals surface area contributed by atoms with Gasteiger partial charge in [0.2, 0.25) is 15.6 Å². The third kappa shape index (κ3) is 8.64. The van der Waals surface area contributed by atoms with Crippen molar-refractivity contribution in [2.45, 2.75) is 62.2 Å². The van der Waals surface area contributed by atoms with Crippen molar-refractivity contribution in [1.29, 1.82) is 0 Å². The van der Waals surface area contributed by atoms with Crippen LogP contribution < -0.4 is 16.0 Å². The molecular weight excluding hydrogens is 470 g/mol. The highest BCUT2D eigenvalue weighted by Crippen LogP contribution is 2.25. The number of Topliss-reactive ketones (excluding diaryl/α,β-unsaturated/α-hetero) is 1. The van der Waals surface area contributed by atoms with Crippen LogP contribution >= 0.6 is 0 Å². The summed E-state index contributed by atoms with van der Waals surface area (Å²) in [7, 11) is -4.01. The number of ketones is 1. The molecule has 0 aromatic heterocycles. The molecule has 9 nitrogen and oxygen atoms in total. The number of amides is 3. The third-order valence-corrected chi connectivity index (χ3v) is 6.90. The number of nitrogens with one attached hydrogen (secondary N) is 3. The standard InChI is InChI=1S/C25H31N3O6S/c1-3-4-5-6-7-8-15-26-24(31)25(32)28-20-12-10-14-22(17-20)35(33,34)21-13-9-11-19(16-21)27-23(30)18(2)29/h9-14,16-17H,3-8,15H2,1-2H3,(H,26,31)(H,27,30)(H,28,32). The van der Waals surface area contributed by atoms with E-state index in [1.165, 1.54) is 55.0 Å². The van der Waals surface area contributed by atoms with Crippen LogP contribution in [0.4, 0.5) is 11.4 Å². The van der Waals surface area contributed by atoms with Crippen LogP contribution in [-0.2, 0) is 29.0 Å². The number of anilines is 2. The summed E-state index contributed by atoms with van der Waals surface area (Å²) in [6.45, 7) is 3.63. The maximum atomic E-state index is 13.1. The summed E-state index contributed by atoms with van der Waals surface area (Å²) < 4.78 is 26.1. The van der Waals surface area contributed by atoms with Crippen LogP contribution in [0.1, 0.15) is 52.4 Å². The Morgan fingerprint density at radius 1 is 0.714 bits per heavy atom. The second-order valence-electron chi connectivity index (χ2n) is 8.05. The second-order valence-corrected chi connectivity index (χ2v) is 10.00. The Hall–Kier alpha value is -3.53. The van der Waals surface area contributed by atoms with Crippen LogP contribution in [0.5, 0.6) is 0 Å². The first-order valence-electron chi connectivity index (χ1n) is 11.5. The van der Waals surface area contributed by atoms with Gasteiger partial charge in [-0.25, -0.2) is 8.42 Å². The Balaban J connectivity index is 2.02. The minimum absolute atomic E-state index is 0.112. The summed E-state index contributed by atoms with van der Waals surface area (Å²) in [6, 6.07) is 11.0. The van der Waals surface area contributed by atoms with Crippen LogP contribution in [-0.4, -0.2) is 38.5 Å². The molecule has 35 heavy (non-hydrogen) atoms. The first-order valence-corrected chi connectivity index (χ1v) is 13.0. The van der Waals surface area contributed by atoms with Crippen molar-refractivity contribution in [1.82, 2.24) is 5.32 Å². The Labute approximate surface area is 205 Å². The lowest BCUT2D eigenvalue weighted by atomic mass is 10.1. The van der Waals surface area contributed by atoms with Crippen molar-refractivity contribution >= 4 is 44.7 Å². The van der Waals surface area contributed by atoms with Crippen molar-refractivity contribution in [3.8, 4) is 0 Å². The molecule has 0 aliphatic heterocycles. The molecule has 2 rings (SSSR count). The highest BCUT2D eigenvalue weighted by atomic mass is 32.2. The monoisotopic (exact) mass is 501 g/mol. The van der Waals surface area contributed by atoms with E-state index >= 15 is 0 Å². The molecule has 2 aromatic rings. The minimum atomic E-state index is -4.01. The normalized spacial score (nSPS) is 10.9. The molecule has 0 heterocycles. The number of hydrogen-bond acceptors (Lipinski definition) is 6. The zero-order chi connectivity index (χ0) is 25.8. The number of carbonyl (C=O) groups is 4. The average Bonchev–Trinajstić information content (AvgIpc) is 2.83. The van der Waals surface area contributed by atoms with Crippen molar-refractivity contribution in [2.75, 3.05) is 17.2 Å². The topological polar surface area (TPSA) is 139 Å². The Bertz CT molecular complexity index is 1180. The van der Waals surface area contributed by atoms with Crippen molar-refractivity contribution in [3.63, 3.8) is 0 Å². The van der Waals surface area contributed by atoms with Crippen LogP contribution in [0.25, 0.3) is 0 Å². The lowest BCUT2D eigenvalue weighted by Gasteiger charge is -2.10. The lowest BCUT2D eigenvalue weighted by molar-refractivity contribution is -0.136. The van der Waals surface area contributed by atoms with Gasteiger partial charge in [0.05, 0.1) is 9.79 Å². The molecule has 0 atom stereocenters. The summed E-state index contributed by atoms with van der Waals surface area (Å²) in [5.74, 6) is -3.25. The number of rotatable bonds is 12. The van der Waals surface area contributed by atoms with Crippen molar-refractivity contribution in [2.24, 2.45) is 0 Å². The second kappa shape index (κ2) is 13.4. The fourth-order valence-electron chi connectivity index (χ4n) is 3.21. The first kappa shape index (κ1) is 27.7. The molecule has 188 valence electrons. The summed E-state index contributed by atoms with van der Waals surface area (Å²) in [6.07, 6.45) is 6.34. The zero-order valence-corrected chi connectivity index (χ0v) is 20.7. The van der Waals surface area contributed by atoms with E-state index < -0.39 is 33.3 Å². The van der Waals surface area contributed by atoms with E-state index in [0.717, 1.165) is 39.0 Å². The zero-order valence-electron chi connectivity index (χ0n) is 19.9. The molecule has 10 heteroatoms. The maximum Gasteiger partial charge on any atom is 0.313 e. The third-order valence-electron chi connectivity index (χ3n) is 5.15. The van der Waals surface area contributed by atoms with Crippen LogP contribution in [0.15, 0.2) is 58.3 Å². The number of sulfone groups is 1. The molecule has 0 radical (unpaired) electrons. The van der Waals surface area contributed by atoms with E-state index in [1.807, 2.05) is 0 Å². The molecule has 0 bridgehead atoms. The molecule has 0 saturated carbocycles. The highest BCUT2D eigenvalue weighted by molar-refractivity contribution is 7.91. The number of benzene rings is 2. The lowest BCUT2D eigenvalue weighted by Crippen LogP contribution is -2.35. The van der Waals surface area contributed by atoms with E-state index in [1.54, 1.807) is 0 Å². The van der Waals surface area contributed by atoms with Gasteiger partial charge >= 0.3 is 11.8 Å². The van der Waals surface area contributed by atoms with Gasteiger partial charge in [0, 0.05) is 24.8 Å². The van der Waals surface area contributed by atoms with E-state index in [9.17, 15) is 27.6 Å². The van der Waals surface area contributed by atoms with Gasteiger partial charge < -0.3 is 16.0 Å². The summed E-state index contributed by atoms with van der Waals surface area (Å²) >= 11 is 0. The predicted octanol–water partition coefficient (Wildman–Crippen LogP) is 3.46. The molecule has 0 unspecified atom stereocenters. The molecule has 2 aromatic carbocycles. The average molecular weight is 502 g/mol. The van der Waals surface area contributed by atoms with E-state index in [2.05, 4.69) is 22.9 Å². The molecule has 3 amide bonds. The Morgan fingerprint density at radius 3 is 1.77 bits per heavy atom. The Kier molecular flexibility index (Phi) is 10.6. The number of hydrogen-bond donors (Lipinski definition) is 3. The fourth-order valence-corrected chi connectivity index (χ4v) is 4.56. The largest absolute Gasteiger partial charge is 0.348 e. The molecule has 0 spiro atoms. The molecular formula is C25H31N3O6S. The van der Waals surface area contributed by atoms with Gasteiger partial charge in [-0.3, -0.25) is 19.2 Å². The Morgan fingerprint density at radius 2 is 1.23 bits per heavy atom. The summed E-state index contributed by atoms with van der Waals surface area (Å²) in [5, 5.41) is 7.32. The first-order chi connectivity index (χ1) is 16.6. The van der Waals surface area contributed by atoms with Crippen molar-refractivity contribution in [3.05, 3.63) is 48.5 Å². The van der Waals surface area contributed by atoms with Crippen LogP contribution in [0, 0.1) is 0 Å². The summed E-state index contributed by atoms with van der Waals surface area (Å²) in [5.41, 5.74) is 0.296. The number of unbranched alkanes of at least 4 members (excludes halogenated alkanes) is 5. The van der Waals surface area contributed by atoms with Gasteiger partial charge in [-0.2, -0.15) is 0 Å². The molecule has 0 aliphatic carbocycles. The van der Waals surface area contributed by atoms with E-state index in [-0.39, 0.29) is 21.2 Å². The van der Waals surface area contributed by atoms with Crippen LogP contribution in [0.3, 0.4) is 0 Å². The van der Waals surface area contributed by atoms with Gasteiger partial charge in [-0.05, 0) is 42.8 Å². The highest BCUT2D eigenvalue weighted by Gasteiger charge is 2.20. The molecule has 0 fully saturated rings. The summed E-state index contributed by atoms with van der Waals surface area (Å²) in [4.78, 5) is 46.8. The van der Waals surface area contributed by atoms with E-state index in [0.29, 0.717) is 6.54 Å². The van der Waals surface area contributed by atoms with Gasteiger partial charge in [0.15, 0.2) is 0 Å². The van der Waals surface area contributed by atoms with Crippen LogP contribution in [0.2, 0.25) is 0 Å². The maximum absolute atomic E-state index is 13.1. The van der Waals surface area contributed by atoms with Crippen molar-refractivity contribution < 1.29 is 27.6 Å². The minimum Gasteiger partial charge on any atom is -0.348 e. The quantitative estimate of drug-likeness (QED) is 0.301. The number of carbonyl (C=O) groups excluding carboxylic acids is 4. The van der Waals surface area contributed by atoms with Gasteiger partial charge in [0.1, 0.15) is 0 Å². The molecule has 3 N–H and O–H groups in total. The molecule has 0 saturated heterocycles. The predicted molar refractivity (Wildman–Crippen MR) is 133 cm³/mol. The SMILES string of the molecule is CCCCCCCCNC(=O)C(=O)Nc1cccc(S(=O)(=O)c2cccc(NC(=O)C(C)=O)c2)c1. The smallest absolute Gasteiger partial charge is 0.313 e.